The number of ether oxygens (including phenoxy) is 1. The van der Waals surface area contributed by atoms with Crippen LogP contribution in [0.25, 0.3) is 0 Å². The minimum absolute atomic E-state index is 0.219. The molecule has 0 radical (unpaired) electrons. The Morgan fingerprint density at radius 2 is 2.11 bits per heavy atom. The van der Waals surface area contributed by atoms with Crippen LogP contribution in [0.5, 0.6) is 0 Å². The Balaban J connectivity index is 1.65. The van der Waals surface area contributed by atoms with Crippen molar-refractivity contribution in [3.05, 3.63) is 35.9 Å². The fraction of sp³-hybridized carbons (Fsp3) is 0.533. The highest BCUT2D eigenvalue weighted by atomic mass is 16.5. The average Bonchev–Trinajstić information content (AvgIpc) is 3.21. The highest BCUT2D eigenvalue weighted by molar-refractivity contribution is 5.71. The molecule has 1 N–H and O–H groups in total. The number of carbonyl (C=O) groups excluding carboxylic acids is 1. The van der Waals surface area contributed by atoms with E-state index < -0.39 is 0 Å². The number of likely N-dealkylation sites (N-methyl/N-ethyl adjacent to an activating group) is 1. The molecule has 0 heterocycles. The van der Waals surface area contributed by atoms with E-state index in [1.807, 2.05) is 42.3 Å². The minimum Gasteiger partial charge on any atom is -0.460 e. The molecule has 4 heteroatoms. The van der Waals surface area contributed by atoms with Crippen molar-refractivity contribution in [3.63, 3.8) is 0 Å². The molecular weight excluding hydrogens is 242 g/mol. The molecule has 1 aliphatic carbocycles. The Kier molecular flexibility index (Phi) is 4.93. The summed E-state index contributed by atoms with van der Waals surface area (Å²) < 4.78 is 5.19. The molecule has 0 bridgehead atoms. The zero-order chi connectivity index (χ0) is 13.7. The van der Waals surface area contributed by atoms with E-state index >= 15 is 0 Å². The van der Waals surface area contributed by atoms with Crippen LogP contribution in [-0.4, -0.2) is 42.2 Å². The lowest BCUT2D eigenvalue weighted by Gasteiger charge is -2.19. The highest BCUT2D eigenvalue weighted by Gasteiger charge is 2.30. The van der Waals surface area contributed by atoms with Gasteiger partial charge in [0.05, 0.1) is 12.6 Å². The number of rotatable bonds is 7. The van der Waals surface area contributed by atoms with Crippen LogP contribution in [0.2, 0.25) is 0 Å². The minimum atomic E-state index is -0.313. The summed E-state index contributed by atoms with van der Waals surface area (Å²) in [6, 6.07) is 9.61. The second kappa shape index (κ2) is 6.68. The zero-order valence-electron chi connectivity index (χ0n) is 11.3. The molecular formula is C15H21NO3. The third-order valence-electron chi connectivity index (χ3n) is 3.31. The predicted octanol–water partition coefficient (Wildman–Crippen LogP) is 1.43. The van der Waals surface area contributed by atoms with E-state index in [0.29, 0.717) is 19.1 Å². The lowest BCUT2D eigenvalue weighted by Crippen LogP contribution is -2.34. The van der Waals surface area contributed by atoms with Crippen LogP contribution >= 0.6 is 0 Å². The SMILES string of the molecule is CN(CC(=O)OCc1ccccc1)CC(O)C1CC1. The summed E-state index contributed by atoms with van der Waals surface area (Å²) in [6.45, 7) is 1.06. The average molecular weight is 263 g/mol. The smallest absolute Gasteiger partial charge is 0.320 e. The van der Waals surface area contributed by atoms with Gasteiger partial charge in [-0.05, 0) is 31.4 Å². The van der Waals surface area contributed by atoms with Crippen molar-refractivity contribution in [1.29, 1.82) is 0 Å². The van der Waals surface area contributed by atoms with Gasteiger partial charge in [0.25, 0.3) is 0 Å². The Hall–Kier alpha value is -1.39. The summed E-state index contributed by atoms with van der Waals surface area (Å²) >= 11 is 0. The van der Waals surface area contributed by atoms with Gasteiger partial charge in [-0.25, -0.2) is 0 Å². The largest absolute Gasteiger partial charge is 0.460 e. The van der Waals surface area contributed by atoms with E-state index in [2.05, 4.69) is 0 Å². The lowest BCUT2D eigenvalue weighted by molar-refractivity contribution is -0.146. The quantitative estimate of drug-likeness (QED) is 0.756. The number of benzene rings is 1. The topological polar surface area (TPSA) is 49.8 Å². The summed E-state index contributed by atoms with van der Waals surface area (Å²) in [5, 5.41) is 9.79. The second-order valence-electron chi connectivity index (χ2n) is 5.25. The molecule has 0 amide bonds. The molecule has 2 rings (SSSR count). The van der Waals surface area contributed by atoms with E-state index in [0.717, 1.165) is 18.4 Å². The summed E-state index contributed by atoms with van der Waals surface area (Å²) in [4.78, 5) is 13.5. The molecule has 1 aromatic rings. The molecule has 0 saturated heterocycles. The fourth-order valence-corrected chi connectivity index (χ4v) is 2.02. The van der Waals surface area contributed by atoms with Crippen LogP contribution in [-0.2, 0) is 16.1 Å². The van der Waals surface area contributed by atoms with Gasteiger partial charge in [-0.3, -0.25) is 9.69 Å². The van der Waals surface area contributed by atoms with Crippen molar-refractivity contribution in [2.75, 3.05) is 20.1 Å². The maximum absolute atomic E-state index is 11.6. The van der Waals surface area contributed by atoms with Gasteiger partial charge >= 0.3 is 5.97 Å². The number of hydrogen-bond donors (Lipinski definition) is 1. The van der Waals surface area contributed by atoms with Gasteiger partial charge in [-0.1, -0.05) is 30.3 Å². The van der Waals surface area contributed by atoms with Crippen molar-refractivity contribution >= 4 is 5.97 Å². The Morgan fingerprint density at radius 3 is 2.74 bits per heavy atom. The highest BCUT2D eigenvalue weighted by Crippen LogP contribution is 2.32. The summed E-state index contributed by atoms with van der Waals surface area (Å²) in [6.07, 6.45) is 1.90. The number of nitrogens with zero attached hydrogens (tertiary/aromatic N) is 1. The second-order valence-corrected chi connectivity index (χ2v) is 5.25. The van der Waals surface area contributed by atoms with Gasteiger partial charge in [0.2, 0.25) is 0 Å². The summed E-state index contributed by atoms with van der Waals surface area (Å²) in [5.41, 5.74) is 0.983. The maximum Gasteiger partial charge on any atom is 0.320 e. The molecule has 19 heavy (non-hydrogen) atoms. The number of aliphatic hydroxyl groups is 1. The van der Waals surface area contributed by atoms with Crippen LogP contribution in [0.1, 0.15) is 18.4 Å². The summed E-state index contributed by atoms with van der Waals surface area (Å²) in [7, 11) is 1.83. The Labute approximate surface area is 114 Å². The van der Waals surface area contributed by atoms with Crippen molar-refractivity contribution in [1.82, 2.24) is 4.90 Å². The van der Waals surface area contributed by atoms with E-state index in [9.17, 15) is 9.90 Å². The van der Waals surface area contributed by atoms with Crippen LogP contribution in [0, 0.1) is 5.92 Å². The predicted molar refractivity (Wildman–Crippen MR) is 72.5 cm³/mol. The van der Waals surface area contributed by atoms with Crippen molar-refractivity contribution in [2.24, 2.45) is 5.92 Å². The van der Waals surface area contributed by atoms with Gasteiger partial charge in [0, 0.05) is 6.54 Å². The Bertz CT molecular complexity index is 403. The first-order valence-electron chi connectivity index (χ1n) is 6.71. The molecule has 0 aromatic heterocycles. The Morgan fingerprint density at radius 1 is 1.42 bits per heavy atom. The van der Waals surface area contributed by atoms with Crippen molar-refractivity contribution < 1.29 is 14.6 Å². The third kappa shape index (κ3) is 5.01. The molecule has 0 aliphatic heterocycles. The van der Waals surface area contributed by atoms with Crippen molar-refractivity contribution in [3.8, 4) is 0 Å². The fourth-order valence-electron chi connectivity index (χ4n) is 2.02. The monoisotopic (exact) mass is 263 g/mol. The van der Waals surface area contributed by atoms with Gasteiger partial charge in [-0.2, -0.15) is 0 Å². The van der Waals surface area contributed by atoms with Crippen LogP contribution in [0.3, 0.4) is 0 Å². The van der Waals surface area contributed by atoms with Gasteiger partial charge in [-0.15, -0.1) is 0 Å². The molecule has 1 atom stereocenters. The number of carbonyl (C=O) groups is 1. The first-order valence-corrected chi connectivity index (χ1v) is 6.71. The van der Waals surface area contributed by atoms with Gasteiger partial charge < -0.3 is 9.84 Å². The first kappa shape index (κ1) is 14.0. The zero-order valence-corrected chi connectivity index (χ0v) is 11.3. The molecule has 104 valence electrons. The lowest BCUT2D eigenvalue weighted by atomic mass is 10.2. The molecule has 1 aliphatic rings. The number of aliphatic hydroxyl groups excluding tert-OH is 1. The van der Waals surface area contributed by atoms with E-state index in [4.69, 9.17) is 4.74 Å². The molecule has 1 aromatic carbocycles. The number of hydrogen-bond acceptors (Lipinski definition) is 4. The van der Waals surface area contributed by atoms with Crippen LogP contribution < -0.4 is 0 Å². The number of esters is 1. The van der Waals surface area contributed by atoms with Gasteiger partial charge in [0.1, 0.15) is 6.61 Å². The standard InChI is InChI=1S/C15H21NO3/c1-16(9-14(17)13-7-8-13)10-15(18)19-11-12-5-3-2-4-6-12/h2-6,13-14,17H,7-11H2,1H3. The normalized spacial score (nSPS) is 16.4. The van der Waals surface area contributed by atoms with Crippen LogP contribution in [0.4, 0.5) is 0 Å². The molecule has 1 unspecified atom stereocenters. The van der Waals surface area contributed by atoms with Crippen molar-refractivity contribution in [2.45, 2.75) is 25.6 Å². The maximum atomic E-state index is 11.6. The van der Waals surface area contributed by atoms with E-state index in [1.54, 1.807) is 0 Å². The van der Waals surface area contributed by atoms with E-state index in [1.165, 1.54) is 0 Å². The first-order chi connectivity index (χ1) is 9.15. The molecule has 0 spiro atoms. The molecule has 1 fully saturated rings. The van der Waals surface area contributed by atoms with Gasteiger partial charge in [0.15, 0.2) is 0 Å². The summed E-state index contributed by atoms with van der Waals surface area (Å²) in [5.74, 6) is 0.178. The van der Waals surface area contributed by atoms with E-state index in [-0.39, 0.29) is 18.6 Å². The third-order valence-corrected chi connectivity index (χ3v) is 3.31. The molecule has 4 nitrogen and oxygen atoms in total. The molecule has 1 saturated carbocycles. The van der Waals surface area contributed by atoms with Crippen LogP contribution in [0.15, 0.2) is 30.3 Å².